The molecule has 94 heavy (non-hydrogen) atoms. The zero-order valence-electron chi connectivity index (χ0n) is 49.7. The number of Topliss-reactive ketones (excluding diaryl/α,β-unsaturated/α-hetero) is 1. The van der Waals surface area contributed by atoms with Crippen LogP contribution in [0.15, 0.2) is 132 Å². The number of hydrogen-bond donors (Lipinski definition) is 0. The molecule has 0 bridgehead atoms. The lowest BCUT2D eigenvalue weighted by Crippen LogP contribution is -2.75. The summed E-state index contributed by atoms with van der Waals surface area (Å²) in [5.41, 5.74) is -29.4. The number of nitro benzene ring substituents is 1. The Morgan fingerprint density at radius 1 is 0.383 bits per heavy atom. The first kappa shape index (κ1) is 77.8. The minimum Gasteiger partial charge on any atom is -0.289 e. The highest BCUT2D eigenvalue weighted by Crippen LogP contribution is 2.42. The van der Waals surface area contributed by atoms with E-state index in [9.17, 15) is 120 Å². The average Bonchev–Trinajstić information content (AvgIpc) is 0.709. The van der Waals surface area contributed by atoms with Crippen molar-refractivity contribution in [3.05, 3.63) is 188 Å². The van der Waals surface area contributed by atoms with Gasteiger partial charge in [0.05, 0.1) is 55.5 Å². The number of nitrogens with zero attached hydrogens (tertiary/aromatic N) is 1. The third-order valence-corrected chi connectivity index (χ3v) is 17.7. The summed E-state index contributed by atoms with van der Waals surface area (Å²) in [5.74, 6) is 2.30. The smallest absolute Gasteiger partial charge is 0.289 e. The Morgan fingerprint density at radius 3 is 0.926 bits per heavy atom. The van der Waals surface area contributed by atoms with Crippen LogP contribution in [-0.4, -0.2) is 28.4 Å². The van der Waals surface area contributed by atoms with Crippen molar-refractivity contribution in [3.63, 3.8) is 0 Å². The molecule has 4 nitrogen and oxygen atoms in total. The first-order chi connectivity index (χ1) is 43.2. The number of carbonyl (C=O) groups is 1. The average molecular weight is 1390 g/mol. The second kappa shape index (κ2) is 31.3. The van der Waals surface area contributed by atoms with Gasteiger partial charge in [0, 0.05) is 22.5 Å². The van der Waals surface area contributed by atoms with E-state index in [1.165, 1.54) is 83.1 Å². The van der Waals surface area contributed by atoms with E-state index in [1.807, 2.05) is 36.4 Å². The molecule has 0 radical (unpaired) electrons. The third-order valence-electron chi connectivity index (χ3n) is 15.4. The van der Waals surface area contributed by atoms with E-state index in [-0.39, 0.29) is 27.3 Å². The Bertz CT molecular complexity index is 3040. The maximum atomic E-state index is 14.2. The summed E-state index contributed by atoms with van der Waals surface area (Å²) in [6.07, 6.45) is -36.3. The maximum absolute atomic E-state index is 14.2. The first-order valence-corrected chi connectivity index (χ1v) is 30.7. The van der Waals surface area contributed by atoms with Crippen molar-refractivity contribution in [1.29, 1.82) is 0 Å². The zero-order valence-corrected chi connectivity index (χ0v) is 50.6. The van der Waals surface area contributed by atoms with Crippen molar-refractivity contribution in [3.8, 4) is 0 Å². The van der Waals surface area contributed by atoms with Crippen LogP contribution in [0.4, 0.5) is 111 Å². The molecule has 0 aromatic heterocycles. The van der Waals surface area contributed by atoms with Crippen molar-refractivity contribution in [2.24, 2.45) is 5.92 Å². The van der Waals surface area contributed by atoms with E-state index in [0.717, 1.165) is 35.0 Å². The predicted molar refractivity (Wildman–Crippen MR) is 309 cm³/mol. The highest BCUT2D eigenvalue weighted by Gasteiger charge is 2.47. The van der Waals surface area contributed by atoms with Crippen molar-refractivity contribution < 1.29 is 115 Å². The largest absolute Gasteiger partial charge is 0.416 e. The number of rotatable bonds is 25. The van der Waals surface area contributed by atoms with Gasteiger partial charge in [-0.15, -0.1) is 0 Å². The predicted octanol–water partition coefficient (Wildman–Crippen LogP) is 20.8. The normalized spacial score (nSPS) is 13.4. The van der Waals surface area contributed by atoms with Crippen molar-refractivity contribution in [2.75, 3.05) is 11.5 Å². The number of benzene rings is 6. The molecule has 516 valence electrons. The standard InChI is InChI=1S/C32H12BF24.C32H48NO3S/c34-25(35,36)13-1-14(26(37,38)39)6-21(5-13)33(22-7-15(27(40,41)42)2-16(8-22)28(43,44)45,23-9-17(29(46,47)48)3-18(10-23)30(49,50)51)24-11-19(31(52,53)54)4-20(12-24)32(55,56)57;1-28(2)20-15-12-10-8-6-4-3-5-7-9-11-13-18-25-37(27-32(34)29-21-16-14-17-22-29)31-24-19-23-30(26-31)33(35)36/h1-12H;14,16-17,19,21-24,26,28H,3-13,15,18,20,25,27H2,1-2H3/q-1;+1. The monoisotopic (exact) mass is 1390 g/mol. The highest BCUT2D eigenvalue weighted by molar-refractivity contribution is 7.97. The minimum atomic E-state index is -6.13. The third kappa shape index (κ3) is 22.1. The molecule has 0 amide bonds. The lowest BCUT2D eigenvalue weighted by molar-refractivity contribution is -0.385. The molecule has 0 aliphatic carbocycles. The number of alkyl halides is 24. The van der Waals surface area contributed by atoms with Crippen LogP contribution in [0.1, 0.15) is 159 Å². The molecular weight excluding hydrogens is 1330 g/mol. The van der Waals surface area contributed by atoms with Crippen LogP contribution in [-0.2, 0) is 60.3 Å². The molecule has 1 unspecified atom stereocenters. The molecular formula is C64H60BF24NO3S. The molecule has 0 saturated carbocycles. The van der Waals surface area contributed by atoms with Crippen LogP contribution >= 0.6 is 0 Å². The van der Waals surface area contributed by atoms with Gasteiger partial charge in [0.25, 0.3) is 5.69 Å². The van der Waals surface area contributed by atoms with Gasteiger partial charge in [0.15, 0.2) is 10.6 Å². The summed E-state index contributed by atoms with van der Waals surface area (Å²) in [6.45, 7) is 4.62. The highest BCUT2D eigenvalue weighted by atomic mass is 32.2. The Morgan fingerprint density at radius 2 is 0.660 bits per heavy atom. The molecule has 6 aromatic carbocycles. The van der Waals surface area contributed by atoms with Crippen LogP contribution in [0.2, 0.25) is 0 Å². The Balaban J connectivity index is 0.000000374. The van der Waals surface area contributed by atoms with Gasteiger partial charge in [-0.25, -0.2) is 0 Å². The fourth-order valence-electron chi connectivity index (χ4n) is 10.8. The molecule has 0 N–H and O–H groups in total. The van der Waals surface area contributed by atoms with E-state index in [0.29, 0.717) is 5.75 Å². The van der Waals surface area contributed by atoms with Gasteiger partial charge in [-0.05, 0) is 49.1 Å². The molecule has 6 aromatic rings. The van der Waals surface area contributed by atoms with Gasteiger partial charge < -0.3 is 0 Å². The number of nitro groups is 1. The summed E-state index contributed by atoms with van der Waals surface area (Å²) >= 11 is 0. The molecule has 0 heterocycles. The number of carbonyl (C=O) groups excluding carboxylic acids is 1. The van der Waals surface area contributed by atoms with Crippen molar-refractivity contribution in [1.82, 2.24) is 0 Å². The van der Waals surface area contributed by atoms with E-state index < -0.39 is 195 Å². The Hall–Kier alpha value is -6.88. The second-order valence-electron chi connectivity index (χ2n) is 22.9. The molecule has 0 aliphatic heterocycles. The lowest BCUT2D eigenvalue weighted by atomic mass is 9.12. The number of ketones is 1. The number of hydrogen-bond acceptors (Lipinski definition) is 3. The number of unbranched alkanes of at least 4 members (excludes halogenated alkanes) is 12. The van der Waals surface area contributed by atoms with Crippen LogP contribution < -0.4 is 21.9 Å². The van der Waals surface area contributed by atoms with E-state index in [4.69, 9.17) is 0 Å². The van der Waals surface area contributed by atoms with Crippen LogP contribution in [0, 0.1) is 16.0 Å². The van der Waals surface area contributed by atoms with Crippen molar-refractivity contribution >= 4 is 50.4 Å². The summed E-state index contributed by atoms with van der Waals surface area (Å²) in [6, 6.07) is 7.44. The van der Waals surface area contributed by atoms with Gasteiger partial charge in [0.2, 0.25) is 5.78 Å². The van der Waals surface area contributed by atoms with Gasteiger partial charge in [0.1, 0.15) is 11.9 Å². The first-order valence-electron chi connectivity index (χ1n) is 29.1. The summed E-state index contributed by atoms with van der Waals surface area (Å²) < 4.78 is 341. The van der Waals surface area contributed by atoms with Crippen LogP contribution in [0.3, 0.4) is 0 Å². The van der Waals surface area contributed by atoms with Gasteiger partial charge >= 0.3 is 49.4 Å². The fourth-order valence-corrected chi connectivity index (χ4v) is 12.9. The van der Waals surface area contributed by atoms with Crippen molar-refractivity contribution in [2.45, 2.75) is 158 Å². The molecule has 30 heteroatoms. The molecule has 0 spiro atoms. The van der Waals surface area contributed by atoms with E-state index in [2.05, 4.69) is 13.8 Å². The Labute approximate surface area is 526 Å². The summed E-state index contributed by atoms with van der Waals surface area (Å²) in [4.78, 5) is 24.8. The summed E-state index contributed by atoms with van der Waals surface area (Å²) in [5, 5.41) is 11.3. The SMILES string of the molecule is CC(C)CCCCCCCCCCCCCCC[S+](CC(=O)c1ccccc1)c1cccc([N+](=O)[O-])c1.FC(F)(F)c1cc([B-](c2cc(C(F)(F)F)cc(C(F)(F)F)c2)(c2cc(C(F)(F)F)cc(C(F)(F)F)c2)c2cc(C(F)(F)F)cc(C(F)(F)F)c2)cc(C(F)(F)F)c1. The minimum absolute atomic E-state index is 0.105. The topological polar surface area (TPSA) is 60.2 Å². The molecule has 1 atom stereocenters. The van der Waals surface area contributed by atoms with Crippen LogP contribution in [0.5, 0.6) is 0 Å². The molecule has 0 aliphatic rings. The maximum Gasteiger partial charge on any atom is 0.416 e. The van der Waals surface area contributed by atoms with E-state index in [1.54, 1.807) is 12.1 Å². The van der Waals surface area contributed by atoms with Gasteiger partial charge in [-0.1, -0.05) is 176 Å². The molecule has 0 fully saturated rings. The quantitative estimate of drug-likeness (QED) is 0.0109. The number of halogens is 24. The zero-order chi connectivity index (χ0) is 70.6. The lowest BCUT2D eigenvalue weighted by Gasteiger charge is -2.46. The summed E-state index contributed by atoms with van der Waals surface area (Å²) in [7, 11) is -0.318. The Kier molecular flexibility index (Phi) is 25.9. The second-order valence-corrected chi connectivity index (χ2v) is 25.0. The fraction of sp³-hybridized carbons (Fsp3) is 0.422. The van der Waals surface area contributed by atoms with Crippen LogP contribution in [0.25, 0.3) is 0 Å². The van der Waals surface area contributed by atoms with Gasteiger partial charge in [-0.2, -0.15) is 127 Å². The molecule has 0 saturated heterocycles. The molecule has 6 rings (SSSR count). The van der Waals surface area contributed by atoms with Gasteiger partial charge in [-0.3, -0.25) is 14.9 Å². The number of non-ortho nitro benzene ring substituents is 1. The van der Waals surface area contributed by atoms with E-state index >= 15 is 0 Å².